The highest BCUT2D eigenvalue weighted by atomic mass is 79.9. The summed E-state index contributed by atoms with van der Waals surface area (Å²) in [6.07, 6.45) is 1.13. The highest BCUT2D eigenvalue weighted by Gasteiger charge is 2.15. The fraction of sp³-hybridized carbons (Fsp3) is 0.0556. The Morgan fingerprint density at radius 1 is 1.19 bits per heavy atom. The van der Waals surface area contributed by atoms with E-state index in [9.17, 15) is 14.7 Å². The third-order valence-electron chi connectivity index (χ3n) is 3.76. The normalized spacial score (nSPS) is 11.3. The number of halogens is 3. The predicted molar refractivity (Wildman–Crippen MR) is 110 cm³/mol. The molecule has 0 fully saturated rings. The minimum absolute atomic E-state index is 0.189. The van der Waals surface area contributed by atoms with Crippen molar-refractivity contribution in [2.75, 3.05) is 0 Å². The zero-order valence-electron chi connectivity index (χ0n) is 13.8. The Labute approximate surface area is 171 Å². The average Bonchev–Trinajstić information content (AvgIpc) is 2.60. The Kier molecular flexibility index (Phi) is 5.55. The standard InChI is InChI=1S/C18H12BrCl2N3O3/c1-9-6-11(3-4-13(9)19)24-17(26)12(16(25)23-18(24)27)8-22-15-7-10(20)2-5-14(15)21/h2-8,26H,1H3,(H,23,25,27). The van der Waals surface area contributed by atoms with Gasteiger partial charge in [-0.3, -0.25) is 14.8 Å². The highest BCUT2D eigenvalue weighted by molar-refractivity contribution is 9.10. The molecule has 3 aromatic rings. The fourth-order valence-electron chi connectivity index (χ4n) is 2.38. The van der Waals surface area contributed by atoms with Crippen molar-refractivity contribution in [1.29, 1.82) is 0 Å². The molecule has 0 amide bonds. The van der Waals surface area contributed by atoms with Crippen molar-refractivity contribution in [3.63, 3.8) is 0 Å². The van der Waals surface area contributed by atoms with Crippen LogP contribution in [0.15, 0.2) is 55.5 Å². The van der Waals surface area contributed by atoms with Crippen molar-refractivity contribution in [2.24, 2.45) is 4.99 Å². The van der Waals surface area contributed by atoms with Crippen LogP contribution in [0.3, 0.4) is 0 Å². The summed E-state index contributed by atoms with van der Waals surface area (Å²) in [4.78, 5) is 30.7. The first-order valence-electron chi connectivity index (χ1n) is 7.62. The van der Waals surface area contributed by atoms with Gasteiger partial charge in [0, 0.05) is 15.7 Å². The Morgan fingerprint density at radius 3 is 2.63 bits per heavy atom. The molecule has 0 aliphatic carbocycles. The summed E-state index contributed by atoms with van der Waals surface area (Å²) in [7, 11) is 0. The number of aromatic nitrogens is 2. The second kappa shape index (κ2) is 7.72. The van der Waals surface area contributed by atoms with Gasteiger partial charge in [-0.15, -0.1) is 0 Å². The lowest BCUT2D eigenvalue weighted by molar-refractivity contribution is 0.430. The van der Waals surface area contributed by atoms with E-state index in [0.29, 0.717) is 21.4 Å². The Hall–Kier alpha value is -2.35. The van der Waals surface area contributed by atoms with Gasteiger partial charge in [0.2, 0.25) is 5.88 Å². The molecule has 0 aliphatic rings. The fourth-order valence-corrected chi connectivity index (χ4v) is 2.96. The number of aromatic amines is 1. The second-order valence-corrected chi connectivity index (χ2v) is 7.32. The molecule has 2 N–H and O–H groups in total. The van der Waals surface area contributed by atoms with Crippen LogP contribution in [0, 0.1) is 6.92 Å². The molecular formula is C18H12BrCl2N3O3. The zero-order chi connectivity index (χ0) is 19.7. The van der Waals surface area contributed by atoms with Crippen molar-refractivity contribution < 1.29 is 5.11 Å². The van der Waals surface area contributed by atoms with Crippen LogP contribution in [-0.4, -0.2) is 20.9 Å². The lowest BCUT2D eigenvalue weighted by Crippen LogP contribution is -2.31. The summed E-state index contributed by atoms with van der Waals surface area (Å²) in [5.41, 5.74) is -0.163. The predicted octanol–water partition coefficient (Wildman–Crippen LogP) is 4.36. The van der Waals surface area contributed by atoms with Gasteiger partial charge in [-0.05, 0) is 48.9 Å². The number of aryl methyl sites for hydroxylation is 1. The van der Waals surface area contributed by atoms with Crippen molar-refractivity contribution >= 4 is 51.0 Å². The smallest absolute Gasteiger partial charge is 0.335 e. The molecular weight excluding hydrogens is 457 g/mol. The largest absolute Gasteiger partial charge is 0.493 e. The number of aliphatic imine (C=N–C) groups is 1. The highest BCUT2D eigenvalue weighted by Crippen LogP contribution is 2.28. The van der Waals surface area contributed by atoms with Gasteiger partial charge in [0.25, 0.3) is 5.56 Å². The summed E-state index contributed by atoms with van der Waals surface area (Å²) >= 11 is 15.3. The molecule has 27 heavy (non-hydrogen) atoms. The van der Waals surface area contributed by atoms with Crippen LogP contribution in [-0.2, 0) is 0 Å². The van der Waals surface area contributed by atoms with E-state index in [0.717, 1.165) is 20.8 Å². The van der Waals surface area contributed by atoms with Crippen LogP contribution >= 0.6 is 39.1 Å². The number of benzene rings is 2. The minimum Gasteiger partial charge on any atom is -0.493 e. The van der Waals surface area contributed by atoms with Gasteiger partial charge in [0.05, 0.1) is 16.4 Å². The van der Waals surface area contributed by atoms with E-state index in [4.69, 9.17) is 23.2 Å². The molecule has 0 saturated heterocycles. The Bertz CT molecular complexity index is 1190. The van der Waals surface area contributed by atoms with Gasteiger partial charge in [-0.1, -0.05) is 39.1 Å². The number of hydrogen-bond donors (Lipinski definition) is 2. The molecule has 2 aromatic carbocycles. The third kappa shape index (κ3) is 4.00. The van der Waals surface area contributed by atoms with Gasteiger partial charge in [0.1, 0.15) is 5.56 Å². The molecule has 9 heteroatoms. The molecule has 0 bridgehead atoms. The lowest BCUT2D eigenvalue weighted by Gasteiger charge is -2.11. The maximum absolute atomic E-state index is 12.2. The second-order valence-electron chi connectivity index (χ2n) is 5.62. The van der Waals surface area contributed by atoms with Gasteiger partial charge < -0.3 is 5.11 Å². The van der Waals surface area contributed by atoms with Gasteiger partial charge >= 0.3 is 5.69 Å². The van der Waals surface area contributed by atoms with E-state index in [-0.39, 0.29) is 5.56 Å². The lowest BCUT2D eigenvalue weighted by atomic mass is 10.2. The molecule has 0 saturated carbocycles. The quantitative estimate of drug-likeness (QED) is 0.560. The maximum atomic E-state index is 12.2. The summed E-state index contributed by atoms with van der Waals surface area (Å²) in [6.45, 7) is 1.84. The molecule has 138 valence electrons. The molecule has 1 heterocycles. The molecule has 3 rings (SSSR count). The van der Waals surface area contributed by atoms with Crippen molar-refractivity contribution in [3.8, 4) is 11.6 Å². The van der Waals surface area contributed by atoms with Gasteiger partial charge in [-0.25, -0.2) is 9.36 Å². The van der Waals surface area contributed by atoms with E-state index < -0.39 is 17.1 Å². The summed E-state index contributed by atoms with van der Waals surface area (Å²) < 4.78 is 1.84. The maximum Gasteiger partial charge on any atom is 0.335 e. The first-order chi connectivity index (χ1) is 12.8. The number of H-pyrrole nitrogens is 1. The van der Waals surface area contributed by atoms with Crippen LogP contribution in [0.5, 0.6) is 5.88 Å². The third-order valence-corrected chi connectivity index (χ3v) is 5.21. The molecule has 0 aliphatic heterocycles. The topological polar surface area (TPSA) is 87.4 Å². The monoisotopic (exact) mass is 467 g/mol. The first kappa shape index (κ1) is 19.4. The first-order valence-corrected chi connectivity index (χ1v) is 9.17. The number of nitrogens with one attached hydrogen (secondary N) is 1. The van der Waals surface area contributed by atoms with Crippen molar-refractivity contribution in [2.45, 2.75) is 6.92 Å². The average molecular weight is 469 g/mol. The molecule has 0 radical (unpaired) electrons. The van der Waals surface area contributed by atoms with E-state index in [1.807, 2.05) is 6.92 Å². The molecule has 0 unspecified atom stereocenters. The van der Waals surface area contributed by atoms with Crippen LogP contribution in [0.2, 0.25) is 10.0 Å². The molecule has 1 aromatic heterocycles. The SMILES string of the molecule is Cc1cc(-n2c(O)c(C=Nc3cc(Cl)ccc3Cl)c(=O)[nH]c2=O)ccc1Br. The molecule has 0 atom stereocenters. The number of nitrogens with zero attached hydrogens (tertiary/aromatic N) is 2. The number of hydrogen-bond acceptors (Lipinski definition) is 4. The van der Waals surface area contributed by atoms with Crippen LogP contribution in [0.1, 0.15) is 11.1 Å². The Balaban J connectivity index is 2.16. The van der Waals surface area contributed by atoms with E-state index in [1.165, 1.54) is 6.07 Å². The van der Waals surface area contributed by atoms with Crippen molar-refractivity contribution in [3.05, 3.63) is 82.9 Å². The summed E-state index contributed by atoms with van der Waals surface area (Å²) in [5.74, 6) is -0.535. The van der Waals surface area contributed by atoms with Crippen LogP contribution < -0.4 is 11.2 Å². The zero-order valence-corrected chi connectivity index (χ0v) is 16.9. The van der Waals surface area contributed by atoms with Gasteiger partial charge in [-0.2, -0.15) is 0 Å². The van der Waals surface area contributed by atoms with Crippen LogP contribution in [0.25, 0.3) is 5.69 Å². The molecule has 0 spiro atoms. The van der Waals surface area contributed by atoms with E-state index >= 15 is 0 Å². The number of rotatable bonds is 3. The van der Waals surface area contributed by atoms with E-state index in [1.54, 1.807) is 30.3 Å². The Morgan fingerprint density at radius 2 is 1.93 bits per heavy atom. The minimum atomic E-state index is -0.774. The summed E-state index contributed by atoms with van der Waals surface area (Å²) in [5, 5.41) is 11.3. The van der Waals surface area contributed by atoms with Crippen LogP contribution in [0.4, 0.5) is 5.69 Å². The van der Waals surface area contributed by atoms with E-state index in [2.05, 4.69) is 25.9 Å². The van der Waals surface area contributed by atoms with Gasteiger partial charge in [0.15, 0.2) is 0 Å². The van der Waals surface area contributed by atoms with Crippen molar-refractivity contribution in [1.82, 2.24) is 9.55 Å². The number of aromatic hydroxyl groups is 1. The molecule has 6 nitrogen and oxygen atoms in total. The summed E-state index contributed by atoms with van der Waals surface area (Å²) in [6, 6.07) is 9.74.